The van der Waals surface area contributed by atoms with E-state index in [-0.39, 0.29) is 0 Å². The van der Waals surface area contributed by atoms with Crippen molar-refractivity contribution < 1.29 is 0 Å². The molecule has 0 aliphatic rings. The van der Waals surface area contributed by atoms with Gasteiger partial charge in [0.15, 0.2) is 0 Å². The molecule has 0 spiro atoms. The van der Waals surface area contributed by atoms with Gasteiger partial charge in [0.1, 0.15) is 5.70 Å². The van der Waals surface area contributed by atoms with Crippen LogP contribution in [0, 0.1) is 0 Å². The average molecular weight is 163 g/mol. The number of hydrogen-bond donors (Lipinski definition) is 0. The van der Waals surface area contributed by atoms with Gasteiger partial charge in [-0.05, 0) is 19.7 Å². The summed E-state index contributed by atoms with van der Waals surface area (Å²) >= 11 is 0. The highest BCUT2D eigenvalue weighted by molar-refractivity contribution is 5.81. The Morgan fingerprint density at radius 2 is 2.00 bits per heavy atom. The second-order valence-electron chi connectivity index (χ2n) is 1.91. The van der Waals surface area contributed by atoms with Gasteiger partial charge in [-0.1, -0.05) is 6.58 Å². The molecule has 0 atom stereocenters. The van der Waals surface area contributed by atoms with Gasteiger partial charge in [0, 0.05) is 19.5 Å². The zero-order valence-corrected chi connectivity index (χ0v) is 7.49. The van der Waals surface area contributed by atoms with Gasteiger partial charge in [-0.3, -0.25) is 15.0 Å². The SMILES string of the molecule is C=CC(/N=C\C)=C(\C=N/C)N=C. The summed E-state index contributed by atoms with van der Waals surface area (Å²) in [6.45, 7) is 8.85. The third-order valence-corrected chi connectivity index (χ3v) is 1.15. The standard InChI is InChI=1S/C9H13N3/c1-5-8(12-6-2)9(11-4)7-10-3/h5-7H,1,4H2,2-3H3/b9-8-,10-7-,12-6-. The molecule has 0 amide bonds. The molecule has 0 aromatic carbocycles. The maximum Gasteiger partial charge on any atom is 0.106 e. The third-order valence-electron chi connectivity index (χ3n) is 1.15. The van der Waals surface area contributed by atoms with Crippen LogP contribution in [0.5, 0.6) is 0 Å². The highest BCUT2D eigenvalue weighted by Gasteiger charge is 1.94. The minimum Gasteiger partial charge on any atom is -0.294 e. The maximum absolute atomic E-state index is 4.04. The molecule has 0 fully saturated rings. The fourth-order valence-corrected chi connectivity index (χ4v) is 0.673. The monoisotopic (exact) mass is 163 g/mol. The number of allylic oxidation sites excluding steroid dienone is 2. The Labute approximate surface area is 73.0 Å². The van der Waals surface area contributed by atoms with E-state index in [0.29, 0.717) is 11.4 Å². The first-order chi connectivity index (χ1) is 5.79. The molecular formula is C9H13N3. The molecule has 0 aliphatic heterocycles. The van der Waals surface area contributed by atoms with E-state index in [9.17, 15) is 0 Å². The van der Waals surface area contributed by atoms with Crippen molar-refractivity contribution in [3.63, 3.8) is 0 Å². The molecular weight excluding hydrogens is 150 g/mol. The Morgan fingerprint density at radius 3 is 2.33 bits per heavy atom. The summed E-state index contributed by atoms with van der Waals surface area (Å²) in [6.07, 6.45) is 4.88. The predicted octanol–water partition coefficient (Wildman–Crippen LogP) is 1.88. The molecule has 12 heavy (non-hydrogen) atoms. The summed E-state index contributed by atoms with van der Waals surface area (Å²) in [5.74, 6) is 0. The lowest BCUT2D eigenvalue weighted by Crippen LogP contribution is -1.86. The van der Waals surface area contributed by atoms with Crippen molar-refractivity contribution in [3.8, 4) is 0 Å². The lowest BCUT2D eigenvalue weighted by molar-refractivity contribution is 1.31. The zero-order valence-electron chi connectivity index (χ0n) is 7.49. The quantitative estimate of drug-likeness (QED) is 0.448. The number of aliphatic imine (C=N–C) groups is 3. The van der Waals surface area contributed by atoms with Crippen molar-refractivity contribution in [1.29, 1.82) is 0 Å². The van der Waals surface area contributed by atoms with Crippen LogP contribution in [0.15, 0.2) is 39.0 Å². The molecule has 0 radical (unpaired) electrons. The molecule has 0 aliphatic carbocycles. The van der Waals surface area contributed by atoms with Gasteiger partial charge >= 0.3 is 0 Å². The van der Waals surface area contributed by atoms with E-state index < -0.39 is 0 Å². The van der Waals surface area contributed by atoms with Crippen LogP contribution in [-0.4, -0.2) is 26.2 Å². The van der Waals surface area contributed by atoms with Crippen LogP contribution in [0.2, 0.25) is 0 Å². The lowest BCUT2D eigenvalue weighted by atomic mass is 10.3. The summed E-state index contributed by atoms with van der Waals surface area (Å²) in [4.78, 5) is 11.6. The minimum absolute atomic E-state index is 0.630. The molecule has 0 N–H and O–H groups in total. The van der Waals surface area contributed by atoms with Gasteiger partial charge in [0.05, 0.1) is 5.70 Å². The highest BCUT2D eigenvalue weighted by Crippen LogP contribution is 2.05. The van der Waals surface area contributed by atoms with Crippen LogP contribution < -0.4 is 0 Å². The van der Waals surface area contributed by atoms with Gasteiger partial charge in [-0.2, -0.15) is 0 Å². The average Bonchev–Trinajstić information content (AvgIpc) is 2.11. The molecule has 0 aromatic heterocycles. The maximum atomic E-state index is 4.04. The Bertz CT molecular complexity index is 220. The van der Waals surface area contributed by atoms with Crippen LogP contribution >= 0.6 is 0 Å². The van der Waals surface area contributed by atoms with Crippen LogP contribution in [0.4, 0.5) is 0 Å². The van der Waals surface area contributed by atoms with Crippen molar-refractivity contribution in [2.24, 2.45) is 15.0 Å². The second-order valence-corrected chi connectivity index (χ2v) is 1.91. The van der Waals surface area contributed by atoms with E-state index in [1.54, 1.807) is 25.6 Å². The summed E-state index contributed by atoms with van der Waals surface area (Å²) in [5, 5.41) is 0. The summed E-state index contributed by atoms with van der Waals surface area (Å²) in [5.41, 5.74) is 1.31. The highest BCUT2D eigenvalue weighted by atomic mass is 14.8. The molecule has 3 nitrogen and oxygen atoms in total. The molecule has 0 heterocycles. The first-order valence-electron chi connectivity index (χ1n) is 3.54. The molecule has 3 heteroatoms. The van der Waals surface area contributed by atoms with E-state index in [0.717, 1.165) is 0 Å². The largest absolute Gasteiger partial charge is 0.294 e. The van der Waals surface area contributed by atoms with Gasteiger partial charge in [-0.15, -0.1) is 0 Å². The van der Waals surface area contributed by atoms with E-state index in [1.807, 2.05) is 6.92 Å². The van der Waals surface area contributed by atoms with Crippen LogP contribution in [0.3, 0.4) is 0 Å². The molecule has 0 saturated heterocycles. The Balaban J connectivity index is 4.98. The zero-order chi connectivity index (χ0) is 9.40. The van der Waals surface area contributed by atoms with E-state index in [1.165, 1.54) is 0 Å². The summed E-state index contributed by atoms with van der Waals surface area (Å²) in [7, 11) is 1.67. The third kappa shape index (κ3) is 3.05. The van der Waals surface area contributed by atoms with Crippen molar-refractivity contribution in [3.05, 3.63) is 24.0 Å². The number of hydrogen-bond acceptors (Lipinski definition) is 3. The van der Waals surface area contributed by atoms with Crippen molar-refractivity contribution in [1.82, 2.24) is 0 Å². The summed E-state index contributed by atoms with van der Waals surface area (Å²) < 4.78 is 0. The van der Waals surface area contributed by atoms with Crippen LogP contribution in [0.1, 0.15) is 6.92 Å². The molecule has 0 aromatic rings. The molecule has 64 valence electrons. The van der Waals surface area contributed by atoms with Crippen LogP contribution in [-0.2, 0) is 0 Å². The van der Waals surface area contributed by atoms with Crippen molar-refractivity contribution in [2.75, 3.05) is 7.05 Å². The Hall–Kier alpha value is -1.51. The number of nitrogens with zero attached hydrogens (tertiary/aromatic N) is 3. The second kappa shape index (κ2) is 6.22. The first kappa shape index (κ1) is 10.5. The van der Waals surface area contributed by atoms with Gasteiger partial charge in [0.25, 0.3) is 0 Å². The fraction of sp³-hybridized carbons (Fsp3) is 0.222. The molecule has 0 rings (SSSR count). The Morgan fingerprint density at radius 1 is 1.33 bits per heavy atom. The minimum atomic E-state index is 0.630. The molecule has 0 saturated carbocycles. The van der Waals surface area contributed by atoms with Crippen molar-refractivity contribution >= 4 is 19.1 Å². The molecule has 0 unspecified atom stereocenters. The van der Waals surface area contributed by atoms with Gasteiger partial charge < -0.3 is 0 Å². The topological polar surface area (TPSA) is 37.1 Å². The summed E-state index contributed by atoms with van der Waals surface area (Å²) in [6, 6.07) is 0. The van der Waals surface area contributed by atoms with E-state index in [4.69, 9.17) is 0 Å². The lowest BCUT2D eigenvalue weighted by Gasteiger charge is -1.95. The number of rotatable bonds is 4. The first-order valence-corrected chi connectivity index (χ1v) is 3.54. The van der Waals surface area contributed by atoms with E-state index in [2.05, 4.69) is 28.3 Å². The normalized spacial score (nSPS) is 13.5. The van der Waals surface area contributed by atoms with Crippen LogP contribution in [0.25, 0.3) is 0 Å². The Kier molecular flexibility index (Phi) is 5.43. The van der Waals surface area contributed by atoms with E-state index >= 15 is 0 Å². The van der Waals surface area contributed by atoms with Crippen molar-refractivity contribution in [2.45, 2.75) is 6.92 Å². The molecule has 0 bridgehead atoms. The smallest absolute Gasteiger partial charge is 0.106 e. The fourth-order valence-electron chi connectivity index (χ4n) is 0.673. The van der Waals surface area contributed by atoms with Gasteiger partial charge in [0.2, 0.25) is 0 Å². The predicted molar refractivity (Wildman–Crippen MR) is 55.4 cm³/mol. The van der Waals surface area contributed by atoms with Gasteiger partial charge in [-0.25, -0.2) is 0 Å².